The van der Waals surface area contributed by atoms with Gasteiger partial charge in [0.25, 0.3) is 0 Å². The average Bonchev–Trinajstić information content (AvgIpc) is 2.29. The Labute approximate surface area is 95.3 Å². The highest BCUT2D eigenvalue weighted by molar-refractivity contribution is 5.88. The van der Waals surface area contributed by atoms with E-state index in [1.807, 2.05) is 50.5 Å². The molecule has 0 aromatic heterocycles. The Kier molecular flexibility index (Phi) is 2.95. The molecule has 0 saturated carbocycles. The molecule has 1 aliphatic rings. The second kappa shape index (κ2) is 4.39. The van der Waals surface area contributed by atoms with Gasteiger partial charge in [-0.05, 0) is 11.6 Å². The number of cyclic esters (lactones) is 1. The van der Waals surface area contributed by atoms with Crippen LogP contribution in [-0.2, 0) is 9.53 Å². The minimum Gasteiger partial charge on any atom is -0.453 e. The fourth-order valence-electron chi connectivity index (χ4n) is 1.78. The minimum absolute atomic E-state index is 0.141. The Bertz CT molecular complexity index is 409. The third-order valence-electron chi connectivity index (χ3n) is 2.64. The highest BCUT2D eigenvalue weighted by Crippen LogP contribution is 2.27. The van der Waals surface area contributed by atoms with Gasteiger partial charge in [-0.3, -0.25) is 0 Å². The summed E-state index contributed by atoms with van der Waals surface area (Å²) in [6, 6.07) is 9.82. The van der Waals surface area contributed by atoms with Crippen LogP contribution in [0.15, 0.2) is 42.1 Å². The number of likely N-dealkylation sites (N-methyl/N-ethyl adjacent to an activating group) is 1. The van der Waals surface area contributed by atoms with Crippen molar-refractivity contribution in [1.82, 2.24) is 4.90 Å². The molecule has 84 valence electrons. The molecule has 0 fully saturated rings. The normalized spacial score (nSPS) is 20.0. The zero-order valence-corrected chi connectivity index (χ0v) is 9.51. The summed E-state index contributed by atoms with van der Waals surface area (Å²) >= 11 is 0. The third-order valence-corrected chi connectivity index (χ3v) is 2.64. The first kappa shape index (κ1) is 10.7. The topological polar surface area (TPSA) is 29.5 Å². The summed E-state index contributed by atoms with van der Waals surface area (Å²) in [6.07, 6.45) is 2.53. The molecule has 0 bridgehead atoms. The molecule has 1 heterocycles. The highest BCUT2D eigenvalue weighted by atomic mass is 16.5. The Balaban J connectivity index is 2.17. The Morgan fingerprint density at radius 1 is 1.25 bits per heavy atom. The number of rotatable bonds is 2. The number of benzene rings is 1. The van der Waals surface area contributed by atoms with Crippen LogP contribution in [0.25, 0.3) is 0 Å². The summed E-state index contributed by atoms with van der Waals surface area (Å²) in [5.41, 5.74) is 1.68. The van der Waals surface area contributed by atoms with E-state index >= 15 is 0 Å². The maximum atomic E-state index is 11.7. The average molecular weight is 217 g/mol. The fourth-order valence-corrected chi connectivity index (χ4v) is 1.78. The lowest BCUT2D eigenvalue weighted by Gasteiger charge is -2.25. The standard InChI is InChI=1S/C13H15NO2/c1-14(2)11-8-9-12(16-13(11)15)10-6-4-3-5-7-10/h3-8,12H,9H2,1-2H3. The van der Waals surface area contributed by atoms with Gasteiger partial charge in [-0.15, -0.1) is 0 Å². The van der Waals surface area contributed by atoms with Crippen molar-refractivity contribution in [1.29, 1.82) is 0 Å². The zero-order valence-electron chi connectivity index (χ0n) is 9.51. The summed E-state index contributed by atoms with van der Waals surface area (Å²) in [5, 5.41) is 0. The van der Waals surface area contributed by atoms with Crippen molar-refractivity contribution in [3.63, 3.8) is 0 Å². The van der Waals surface area contributed by atoms with Crippen molar-refractivity contribution in [3.8, 4) is 0 Å². The molecule has 1 atom stereocenters. The van der Waals surface area contributed by atoms with E-state index in [2.05, 4.69) is 0 Å². The van der Waals surface area contributed by atoms with Gasteiger partial charge in [-0.1, -0.05) is 30.3 Å². The van der Waals surface area contributed by atoms with Crippen molar-refractivity contribution in [2.24, 2.45) is 0 Å². The molecular formula is C13H15NO2. The quantitative estimate of drug-likeness (QED) is 0.711. The van der Waals surface area contributed by atoms with E-state index in [4.69, 9.17) is 4.74 Å². The second-order valence-corrected chi connectivity index (χ2v) is 4.02. The van der Waals surface area contributed by atoms with Crippen molar-refractivity contribution in [3.05, 3.63) is 47.7 Å². The van der Waals surface area contributed by atoms with E-state index in [0.717, 1.165) is 12.0 Å². The number of esters is 1. The number of hydrogen-bond donors (Lipinski definition) is 0. The van der Waals surface area contributed by atoms with E-state index in [-0.39, 0.29) is 12.1 Å². The van der Waals surface area contributed by atoms with Gasteiger partial charge in [0.15, 0.2) is 0 Å². The Hall–Kier alpha value is -1.77. The summed E-state index contributed by atoms with van der Waals surface area (Å²) in [4.78, 5) is 13.5. The van der Waals surface area contributed by atoms with Crippen LogP contribution in [0.1, 0.15) is 18.1 Å². The van der Waals surface area contributed by atoms with Crippen LogP contribution >= 0.6 is 0 Å². The van der Waals surface area contributed by atoms with Crippen molar-refractivity contribution in [2.75, 3.05) is 14.1 Å². The monoisotopic (exact) mass is 217 g/mol. The zero-order chi connectivity index (χ0) is 11.5. The van der Waals surface area contributed by atoms with Gasteiger partial charge >= 0.3 is 5.97 Å². The van der Waals surface area contributed by atoms with Crippen LogP contribution < -0.4 is 0 Å². The Morgan fingerprint density at radius 3 is 2.50 bits per heavy atom. The molecule has 0 amide bonds. The molecule has 2 rings (SSSR count). The molecule has 1 aromatic carbocycles. The number of carbonyl (C=O) groups is 1. The van der Waals surface area contributed by atoms with Gasteiger partial charge in [0.2, 0.25) is 0 Å². The first-order valence-corrected chi connectivity index (χ1v) is 5.32. The molecule has 16 heavy (non-hydrogen) atoms. The summed E-state index contributed by atoms with van der Waals surface area (Å²) in [7, 11) is 3.69. The van der Waals surface area contributed by atoms with Crippen molar-refractivity contribution < 1.29 is 9.53 Å². The van der Waals surface area contributed by atoms with Crippen molar-refractivity contribution in [2.45, 2.75) is 12.5 Å². The molecular weight excluding hydrogens is 202 g/mol. The lowest BCUT2D eigenvalue weighted by atomic mass is 10.0. The molecule has 0 aliphatic carbocycles. The molecule has 0 saturated heterocycles. The maximum absolute atomic E-state index is 11.7. The molecule has 1 aliphatic heterocycles. The smallest absolute Gasteiger partial charge is 0.354 e. The first-order valence-electron chi connectivity index (χ1n) is 5.32. The van der Waals surface area contributed by atoms with Gasteiger partial charge in [-0.2, -0.15) is 0 Å². The molecule has 0 radical (unpaired) electrons. The predicted molar refractivity (Wildman–Crippen MR) is 61.7 cm³/mol. The molecule has 3 heteroatoms. The van der Waals surface area contributed by atoms with Gasteiger partial charge in [-0.25, -0.2) is 4.79 Å². The predicted octanol–water partition coefficient (Wildman–Crippen LogP) is 2.12. The largest absolute Gasteiger partial charge is 0.453 e. The van der Waals surface area contributed by atoms with E-state index in [1.165, 1.54) is 0 Å². The summed E-state index contributed by atoms with van der Waals surface area (Å²) < 4.78 is 5.40. The van der Waals surface area contributed by atoms with Gasteiger partial charge in [0.1, 0.15) is 11.8 Å². The van der Waals surface area contributed by atoms with Crippen LogP contribution in [0.3, 0.4) is 0 Å². The molecule has 1 unspecified atom stereocenters. The van der Waals surface area contributed by atoms with Crippen molar-refractivity contribution >= 4 is 5.97 Å². The molecule has 0 N–H and O–H groups in total. The summed E-state index contributed by atoms with van der Waals surface area (Å²) in [5.74, 6) is -0.245. The van der Waals surface area contributed by atoms with E-state index in [0.29, 0.717) is 5.70 Å². The molecule has 1 aromatic rings. The number of ether oxygens (including phenoxy) is 1. The molecule has 3 nitrogen and oxygen atoms in total. The summed E-state index contributed by atoms with van der Waals surface area (Å²) in [6.45, 7) is 0. The van der Waals surface area contributed by atoms with Crippen LogP contribution in [0, 0.1) is 0 Å². The maximum Gasteiger partial charge on any atom is 0.354 e. The first-order chi connectivity index (χ1) is 7.68. The molecule has 0 spiro atoms. The SMILES string of the molecule is CN(C)C1=CCC(c2ccccc2)OC1=O. The van der Waals surface area contributed by atoms with Crippen LogP contribution in [0.5, 0.6) is 0 Å². The van der Waals surface area contributed by atoms with Gasteiger partial charge in [0.05, 0.1) is 0 Å². The second-order valence-electron chi connectivity index (χ2n) is 4.02. The lowest BCUT2D eigenvalue weighted by Crippen LogP contribution is -2.26. The van der Waals surface area contributed by atoms with Crippen LogP contribution in [0.2, 0.25) is 0 Å². The third kappa shape index (κ3) is 2.08. The minimum atomic E-state index is -0.245. The van der Waals surface area contributed by atoms with E-state index < -0.39 is 0 Å². The number of hydrogen-bond acceptors (Lipinski definition) is 3. The van der Waals surface area contributed by atoms with Crippen LogP contribution in [-0.4, -0.2) is 25.0 Å². The number of carbonyl (C=O) groups excluding carboxylic acids is 1. The van der Waals surface area contributed by atoms with Gasteiger partial charge < -0.3 is 9.64 Å². The van der Waals surface area contributed by atoms with Crippen LogP contribution in [0.4, 0.5) is 0 Å². The van der Waals surface area contributed by atoms with E-state index in [9.17, 15) is 4.79 Å². The van der Waals surface area contributed by atoms with E-state index in [1.54, 1.807) is 4.90 Å². The number of nitrogens with zero attached hydrogens (tertiary/aromatic N) is 1. The Morgan fingerprint density at radius 2 is 1.94 bits per heavy atom. The fraction of sp³-hybridized carbons (Fsp3) is 0.308. The lowest BCUT2D eigenvalue weighted by molar-refractivity contribution is -0.147. The van der Waals surface area contributed by atoms with Gasteiger partial charge in [0, 0.05) is 20.5 Å². The highest BCUT2D eigenvalue weighted by Gasteiger charge is 2.24.